The van der Waals surface area contributed by atoms with E-state index in [1.165, 1.54) is 6.92 Å². The number of hydrogen-bond acceptors (Lipinski definition) is 3. The summed E-state index contributed by atoms with van der Waals surface area (Å²) in [5.74, 6) is -0.928. The van der Waals surface area contributed by atoms with Gasteiger partial charge < -0.3 is 10.1 Å². The zero-order valence-electron chi connectivity index (χ0n) is 13.3. The Morgan fingerprint density at radius 2 is 1.92 bits per heavy atom. The van der Waals surface area contributed by atoms with Crippen LogP contribution in [0.2, 0.25) is 10.0 Å². The highest BCUT2D eigenvalue weighted by atomic mass is 35.5. The van der Waals surface area contributed by atoms with Crippen LogP contribution in [-0.4, -0.2) is 18.0 Å². The highest BCUT2D eigenvalue weighted by Crippen LogP contribution is 2.21. The van der Waals surface area contributed by atoms with E-state index < -0.39 is 18.0 Å². The van der Waals surface area contributed by atoms with Crippen molar-refractivity contribution in [2.45, 2.75) is 26.4 Å². The molecule has 1 N–H and O–H groups in total. The molecule has 0 unspecified atom stereocenters. The van der Waals surface area contributed by atoms with Crippen LogP contribution >= 0.6 is 23.2 Å². The standard InChI is InChI=1S/C18H17Cl2NO3/c1-11-4-3-5-15(8-11)21-18(23)12(2)24-17(22)9-13-6-7-14(19)10-16(13)20/h3-8,10,12H,9H2,1-2H3,(H,21,23)/t12-/m1/s1. The van der Waals surface area contributed by atoms with Gasteiger partial charge in [0.05, 0.1) is 6.42 Å². The first-order valence-electron chi connectivity index (χ1n) is 7.36. The summed E-state index contributed by atoms with van der Waals surface area (Å²) in [7, 11) is 0. The van der Waals surface area contributed by atoms with Gasteiger partial charge in [0.2, 0.25) is 0 Å². The molecular weight excluding hydrogens is 349 g/mol. The first-order valence-corrected chi connectivity index (χ1v) is 8.11. The van der Waals surface area contributed by atoms with Gasteiger partial charge in [-0.05, 0) is 49.2 Å². The van der Waals surface area contributed by atoms with Crippen LogP contribution < -0.4 is 5.32 Å². The van der Waals surface area contributed by atoms with Crippen molar-refractivity contribution in [1.29, 1.82) is 0 Å². The number of carbonyl (C=O) groups excluding carboxylic acids is 2. The smallest absolute Gasteiger partial charge is 0.311 e. The zero-order valence-corrected chi connectivity index (χ0v) is 14.8. The van der Waals surface area contributed by atoms with Crippen molar-refractivity contribution < 1.29 is 14.3 Å². The minimum atomic E-state index is -0.913. The lowest BCUT2D eigenvalue weighted by Crippen LogP contribution is -2.30. The topological polar surface area (TPSA) is 55.4 Å². The summed E-state index contributed by atoms with van der Waals surface area (Å²) in [5.41, 5.74) is 2.27. The Hall–Kier alpha value is -2.04. The van der Waals surface area contributed by atoms with Gasteiger partial charge in [0.25, 0.3) is 5.91 Å². The van der Waals surface area contributed by atoms with Crippen LogP contribution in [0, 0.1) is 6.92 Å². The monoisotopic (exact) mass is 365 g/mol. The van der Waals surface area contributed by atoms with E-state index in [2.05, 4.69) is 5.32 Å². The molecule has 0 fully saturated rings. The van der Waals surface area contributed by atoms with Crippen molar-refractivity contribution in [3.05, 3.63) is 63.6 Å². The molecule has 24 heavy (non-hydrogen) atoms. The fourth-order valence-electron chi connectivity index (χ4n) is 2.08. The van der Waals surface area contributed by atoms with Gasteiger partial charge >= 0.3 is 5.97 Å². The molecule has 1 atom stereocenters. The molecule has 0 saturated heterocycles. The number of ether oxygens (including phenoxy) is 1. The molecule has 0 aliphatic heterocycles. The molecule has 2 aromatic rings. The summed E-state index contributed by atoms with van der Waals surface area (Å²) in [6.45, 7) is 3.45. The predicted octanol–water partition coefficient (Wildman–Crippen LogP) is 4.41. The highest BCUT2D eigenvalue weighted by Gasteiger charge is 2.19. The lowest BCUT2D eigenvalue weighted by Gasteiger charge is -2.14. The van der Waals surface area contributed by atoms with Crippen molar-refractivity contribution in [2.24, 2.45) is 0 Å². The van der Waals surface area contributed by atoms with Gasteiger partial charge in [0.1, 0.15) is 0 Å². The number of rotatable bonds is 5. The number of benzene rings is 2. The van der Waals surface area contributed by atoms with E-state index in [1.807, 2.05) is 25.1 Å². The van der Waals surface area contributed by atoms with E-state index in [0.29, 0.717) is 21.3 Å². The van der Waals surface area contributed by atoms with Gasteiger partial charge in [0.15, 0.2) is 6.10 Å². The fraction of sp³-hybridized carbons (Fsp3) is 0.222. The number of carbonyl (C=O) groups is 2. The Labute approximate surface area is 150 Å². The van der Waals surface area contributed by atoms with E-state index in [4.69, 9.17) is 27.9 Å². The maximum Gasteiger partial charge on any atom is 0.311 e. The van der Waals surface area contributed by atoms with E-state index in [1.54, 1.807) is 24.3 Å². The Morgan fingerprint density at radius 3 is 2.58 bits per heavy atom. The molecule has 0 radical (unpaired) electrons. The molecule has 2 rings (SSSR count). The van der Waals surface area contributed by atoms with E-state index in [0.717, 1.165) is 5.56 Å². The lowest BCUT2D eigenvalue weighted by molar-refractivity contribution is -0.152. The van der Waals surface area contributed by atoms with Crippen LogP contribution in [0.4, 0.5) is 5.69 Å². The summed E-state index contributed by atoms with van der Waals surface area (Å²) < 4.78 is 5.16. The number of esters is 1. The van der Waals surface area contributed by atoms with Crippen molar-refractivity contribution in [2.75, 3.05) is 5.32 Å². The molecular formula is C18H17Cl2NO3. The zero-order chi connectivity index (χ0) is 17.7. The molecule has 6 heteroatoms. The van der Waals surface area contributed by atoms with Gasteiger partial charge in [-0.3, -0.25) is 9.59 Å². The number of hydrogen-bond donors (Lipinski definition) is 1. The Balaban J connectivity index is 1.92. The predicted molar refractivity (Wildman–Crippen MR) is 95.5 cm³/mol. The molecule has 0 aliphatic carbocycles. The van der Waals surface area contributed by atoms with E-state index >= 15 is 0 Å². The van der Waals surface area contributed by atoms with Gasteiger partial charge in [0, 0.05) is 15.7 Å². The summed E-state index contributed by atoms with van der Waals surface area (Å²) in [5, 5.41) is 3.59. The third-order valence-corrected chi connectivity index (χ3v) is 3.90. The average molecular weight is 366 g/mol. The number of aryl methyl sites for hydroxylation is 1. The number of halogens is 2. The number of nitrogens with one attached hydrogen (secondary N) is 1. The largest absolute Gasteiger partial charge is 0.452 e. The van der Waals surface area contributed by atoms with Crippen LogP contribution in [0.5, 0.6) is 0 Å². The van der Waals surface area contributed by atoms with Crippen LogP contribution in [0.25, 0.3) is 0 Å². The maximum absolute atomic E-state index is 12.1. The number of amides is 1. The van der Waals surface area contributed by atoms with Gasteiger partial charge in [-0.25, -0.2) is 0 Å². The molecule has 0 saturated carbocycles. The summed E-state index contributed by atoms with van der Waals surface area (Å²) in [4.78, 5) is 24.1. The molecule has 0 aromatic heterocycles. The number of anilines is 1. The minimum absolute atomic E-state index is 0.0297. The van der Waals surface area contributed by atoms with E-state index in [9.17, 15) is 9.59 Å². The maximum atomic E-state index is 12.1. The molecule has 0 bridgehead atoms. The first-order chi connectivity index (χ1) is 11.3. The second-order valence-corrected chi connectivity index (χ2v) is 6.25. The van der Waals surface area contributed by atoms with Crippen molar-refractivity contribution in [3.8, 4) is 0 Å². The SMILES string of the molecule is Cc1cccc(NC(=O)[C@@H](C)OC(=O)Cc2ccc(Cl)cc2Cl)c1. The van der Waals surface area contributed by atoms with Crippen molar-refractivity contribution >= 4 is 40.8 Å². The summed E-state index contributed by atoms with van der Waals surface area (Å²) >= 11 is 11.8. The highest BCUT2D eigenvalue weighted by molar-refractivity contribution is 6.35. The van der Waals surface area contributed by atoms with E-state index in [-0.39, 0.29) is 6.42 Å². The van der Waals surface area contributed by atoms with Crippen LogP contribution in [0.1, 0.15) is 18.1 Å². The first kappa shape index (κ1) is 18.3. The second kappa shape index (κ2) is 8.18. The normalized spacial score (nSPS) is 11.7. The van der Waals surface area contributed by atoms with Crippen molar-refractivity contribution in [3.63, 3.8) is 0 Å². The van der Waals surface area contributed by atoms with Gasteiger partial charge in [-0.1, -0.05) is 41.4 Å². The second-order valence-electron chi connectivity index (χ2n) is 5.40. The van der Waals surface area contributed by atoms with Crippen LogP contribution in [0.3, 0.4) is 0 Å². The molecule has 0 spiro atoms. The third kappa shape index (κ3) is 5.25. The quantitative estimate of drug-likeness (QED) is 0.798. The third-order valence-electron chi connectivity index (χ3n) is 3.31. The molecule has 0 heterocycles. The fourth-order valence-corrected chi connectivity index (χ4v) is 2.55. The minimum Gasteiger partial charge on any atom is -0.452 e. The van der Waals surface area contributed by atoms with Crippen molar-refractivity contribution in [1.82, 2.24) is 0 Å². The molecule has 4 nitrogen and oxygen atoms in total. The van der Waals surface area contributed by atoms with Crippen LogP contribution in [-0.2, 0) is 20.7 Å². The Morgan fingerprint density at radius 1 is 1.17 bits per heavy atom. The van der Waals surface area contributed by atoms with Gasteiger partial charge in [-0.15, -0.1) is 0 Å². The van der Waals surface area contributed by atoms with Crippen LogP contribution in [0.15, 0.2) is 42.5 Å². The summed E-state index contributed by atoms with van der Waals surface area (Å²) in [6, 6.07) is 12.2. The summed E-state index contributed by atoms with van der Waals surface area (Å²) in [6.07, 6.45) is -0.943. The molecule has 126 valence electrons. The lowest BCUT2D eigenvalue weighted by atomic mass is 10.1. The Bertz CT molecular complexity index is 762. The molecule has 1 amide bonds. The molecule has 0 aliphatic rings. The van der Waals surface area contributed by atoms with Gasteiger partial charge in [-0.2, -0.15) is 0 Å². The molecule has 2 aromatic carbocycles. The Kier molecular flexibility index (Phi) is 6.23. The average Bonchev–Trinajstić information content (AvgIpc) is 2.50.